The number of aliphatic hydroxyl groups is 1. The van der Waals surface area contributed by atoms with Crippen LogP contribution in [0.4, 0.5) is 4.39 Å². The molecule has 0 radical (unpaired) electrons. The van der Waals surface area contributed by atoms with Gasteiger partial charge in [-0.15, -0.1) is 0 Å². The molecule has 0 aromatic heterocycles. The molecule has 0 spiro atoms. The second-order valence-electron chi connectivity index (χ2n) is 5.19. The maximum atomic E-state index is 13.5. The fraction of sp³-hybridized carbons (Fsp3) is 0.250. The maximum absolute atomic E-state index is 13.5. The van der Waals surface area contributed by atoms with E-state index in [-0.39, 0.29) is 5.82 Å². The fourth-order valence-corrected chi connectivity index (χ4v) is 2.73. The number of rotatable bonds is 4. The summed E-state index contributed by atoms with van der Waals surface area (Å²) in [4.78, 5) is 0. The van der Waals surface area contributed by atoms with Crippen molar-refractivity contribution in [3.05, 3.63) is 68.9 Å². The highest BCUT2D eigenvalue weighted by Crippen LogP contribution is 2.26. The van der Waals surface area contributed by atoms with Crippen LogP contribution in [0.5, 0.6) is 0 Å². The minimum atomic E-state index is -0.954. The van der Waals surface area contributed by atoms with E-state index < -0.39 is 5.60 Å². The lowest BCUT2D eigenvalue weighted by Crippen LogP contribution is -2.30. The number of hydrogen-bond acceptors (Lipinski definition) is 1. The van der Waals surface area contributed by atoms with Gasteiger partial charge in [-0.2, -0.15) is 0 Å². The maximum Gasteiger partial charge on any atom is 0.137 e. The van der Waals surface area contributed by atoms with Gasteiger partial charge in [0.1, 0.15) is 5.82 Å². The zero-order chi connectivity index (χ0) is 14.8. The van der Waals surface area contributed by atoms with Gasteiger partial charge in [-0.05, 0) is 52.2 Å². The molecule has 0 saturated carbocycles. The van der Waals surface area contributed by atoms with E-state index in [1.807, 2.05) is 18.2 Å². The molecule has 4 heteroatoms. The number of benzene rings is 2. The predicted octanol–water partition coefficient (Wildman–Crippen LogP) is 4.78. The molecule has 0 amide bonds. The van der Waals surface area contributed by atoms with Gasteiger partial charge < -0.3 is 5.11 Å². The van der Waals surface area contributed by atoms with Gasteiger partial charge in [0.25, 0.3) is 0 Å². The second kappa shape index (κ2) is 6.25. The highest BCUT2D eigenvalue weighted by Gasteiger charge is 2.23. The van der Waals surface area contributed by atoms with Crippen molar-refractivity contribution in [1.82, 2.24) is 0 Å². The lowest BCUT2D eigenvalue weighted by molar-refractivity contribution is 0.0606. The second-order valence-corrected chi connectivity index (χ2v) is 6.42. The summed E-state index contributed by atoms with van der Waals surface area (Å²) in [5.74, 6) is -0.315. The number of hydrogen-bond donors (Lipinski definition) is 1. The van der Waals surface area contributed by atoms with E-state index in [9.17, 15) is 9.50 Å². The Labute approximate surface area is 131 Å². The van der Waals surface area contributed by atoms with Crippen molar-refractivity contribution in [2.45, 2.75) is 25.4 Å². The van der Waals surface area contributed by atoms with Crippen LogP contribution in [-0.2, 0) is 12.8 Å². The topological polar surface area (TPSA) is 20.2 Å². The molecule has 0 bridgehead atoms. The van der Waals surface area contributed by atoms with E-state index >= 15 is 0 Å². The van der Waals surface area contributed by atoms with Crippen molar-refractivity contribution >= 4 is 27.5 Å². The van der Waals surface area contributed by atoms with Crippen LogP contribution in [0.3, 0.4) is 0 Å². The minimum Gasteiger partial charge on any atom is -0.389 e. The van der Waals surface area contributed by atoms with Gasteiger partial charge >= 0.3 is 0 Å². The van der Waals surface area contributed by atoms with Crippen molar-refractivity contribution in [3.8, 4) is 0 Å². The molecule has 2 rings (SSSR count). The predicted molar refractivity (Wildman–Crippen MR) is 83.6 cm³/mol. The van der Waals surface area contributed by atoms with Gasteiger partial charge in [-0.25, -0.2) is 4.39 Å². The van der Waals surface area contributed by atoms with Crippen LogP contribution >= 0.6 is 27.5 Å². The Morgan fingerprint density at radius 1 is 1.15 bits per heavy atom. The third kappa shape index (κ3) is 4.05. The standard InChI is InChI=1S/C16H15BrClFO/c1-16(20,9-11-5-7-13(18)8-6-11)10-12-3-2-4-14(19)15(12)17/h2-8,20H,9-10H2,1H3. The van der Waals surface area contributed by atoms with Crippen LogP contribution in [0.15, 0.2) is 46.9 Å². The zero-order valence-electron chi connectivity index (χ0n) is 11.0. The molecule has 106 valence electrons. The fourth-order valence-electron chi connectivity index (χ4n) is 2.20. The van der Waals surface area contributed by atoms with E-state index in [1.165, 1.54) is 6.07 Å². The summed E-state index contributed by atoms with van der Waals surface area (Å²) in [5.41, 5.74) is 0.792. The molecular formula is C16H15BrClFO. The first kappa shape index (κ1) is 15.5. The molecule has 0 aliphatic carbocycles. The van der Waals surface area contributed by atoms with Gasteiger partial charge in [0.05, 0.1) is 10.1 Å². The Kier molecular flexibility index (Phi) is 4.84. The molecule has 0 aliphatic heterocycles. The third-order valence-electron chi connectivity index (χ3n) is 3.10. The van der Waals surface area contributed by atoms with Crippen LogP contribution in [-0.4, -0.2) is 10.7 Å². The largest absolute Gasteiger partial charge is 0.389 e. The van der Waals surface area contributed by atoms with Crippen LogP contribution in [0.2, 0.25) is 5.02 Å². The normalized spacial score (nSPS) is 14.1. The first-order chi connectivity index (χ1) is 9.37. The molecule has 0 heterocycles. The summed E-state index contributed by atoms with van der Waals surface area (Å²) in [5, 5.41) is 11.2. The molecule has 0 aliphatic rings. The van der Waals surface area contributed by atoms with Crippen molar-refractivity contribution in [3.63, 3.8) is 0 Å². The third-order valence-corrected chi connectivity index (χ3v) is 4.24. The summed E-state index contributed by atoms with van der Waals surface area (Å²) >= 11 is 9.06. The first-order valence-electron chi connectivity index (χ1n) is 6.27. The van der Waals surface area contributed by atoms with Crippen LogP contribution in [0.25, 0.3) is 0 Å². The molecule has 2 aromatic carbocycles. The molecule has 2 aromatic rings. The summed E-state index contributed by atoms with van der Waals surface area (Å²) in [6, 6.07) is 12.2. The summed E-state index contributed by atoms with van der Waals surface area (Å²) in [6.45, 7) is 1.75. The Bertz CT molecular complexity index is 596. The van der Waals surface area contributed by atoms with E-state index in [0.29, 0.717) is 22.3 Å². The highest BCUT2D eigenvalue weighted by molar-refractivity contribution is 9.10. The smallest absolute Gasteiger partial charge is 0.137 e. The van der Waals surface area contributed by atoms with Crippen molar-refractivity contribution in [1.29, 1.82) is 0 Å². The van der Waals surface area contributed by atoms with Crippen molar-refractivity contribution in [2.24, 2.45) is 0 Å². The Hall–Kier alpha value is -0.900. The molecule has 0 fully saturated rings. The summed E-state index contributed by atoms with van der Waals surface area (Å²) in [6.07, 6.45) is 0.848. The molecular weight excluding hydrogens is 343 g/mol. The Morgan fingerprint density at radius 2 is 1.80 bits per heavy atom. The molecule has 1 unspecified atom stereocenters. The quantitative estimate of drug-likeness (QED) is 0.835. The lowest BCUT2D eigenvalue weighted by atomic mass is 9.90. The van der Waals surface area contributed by atoms with Crippen LogP contribution in [0, 0.1) is 5.82 Å². The SMILES string of the molecule is CC(O)(Cc1ccc(Cl)cc1)Cc1cccc(F)c1Br. The summed E-state index contributed by atoms with van der Waals surface area (Å²) in [7, 11) is 0. The Morgan fingerprint density at radius 3 is 2.45 bits per heavy atom. The molecule has 0 saturated heterocycles. The van der Waals surface area contributed by atoms with Gasteiger partial charge in [-0.1, -0.05) is 35.9 Å². The average Bonchev–Trinajstić information content (AvgIpc) is 2.37. The van der Waals surface area contributed by atoms with Gasteiger partial charge in [0.15, 0.2) is 0 Å². The van der Waals surface area contributed by atoms with E-state index in [1.54, 1.807) is 25.1 Å². The van der Waals surface area contributed by atoms with E-state index in [0.717, 1.165) is 11.1 Å². The van der Waals surface area contributed by atoms with Gasteiger partial charge in [0.2, 0.25) is 0 Å². The average molecular weight is 358 g/mol. The van der Waals surface area contributed by atoms with Crippen LogP contribution < -0.4 is 0 Å². The zero-order valence-corrected chi connectivity index (χ0v) is 13.4. The molecule has 1 atom stereocenters. The van der Waals surface area contributed by atoms with Crippen molar-refractivity contribution < 1.29 is 9.50 Å². The van der Waals surface area contributed by atoms with Gasteiger partial charge in [0, 0.05) is 17.9 Å². The Balaban J connectivity index is 2.14. The monoisotopic (exact) mass is 356 g/mol. The lowest BCUT2D eigenvalue weighted by Gasteiger charge is -2.24. The van der Waals surface area contributed by atoms with Gasteiger partial charge in [-0.3, -0.25) is 0 Å². The minimum absolute atomic E-state index is 0.315. The molecule has 1 nitrogen and oxygen atoms in total. The first-order valence-corrected chi connectivity index (χ1v) is 7.44. The molecule has 1 N–H and O–H groups in total. The summed E-state index contributed by atoms with van der Waals surface area (Å²) < 4.78 is 13.9. The highest BCUT2D eigenvalue weighted by atomic mass is 79.9. The van der Waals surface area contributed by atoms with E-state index in [4.69, 9.17) is 11.6 Å². The van der Waals surface area contributed by atoms with E-state index in [2.05, 4.69) is 15.9 Å². The van der Waals surface area contributed by atoms with Crippen LogP contribution in [0.1, 0.15) is 18.1 Å². The number of halogens is 3. The molecule has 20 heavy (non-hydrogen) atoms. The van der Waals surface area contributed by atoms with Crippen molar-refractivity contribution in [2.75, 3.05) is 0 Å².